The molecule has 0 saturated carbocycles. The van der Waals surface area contributed by atoms with E-state index < -0.39 is 0 Å². The summed E-state index contributed by atoms with van der Waals surface area (Å²) in [5.41, 5.74) is 0.591. The van der Waals surface area contributed by atoms with E-state index in [2.05, 4.69) is 4.98 Å². The normalized spacial score (nSPS) is 18.0. The largest absolute Gasteiger partial charge is 0.384 e. The van der Waals surface area contributed by atoms with Gasteiger partial charge in [-0.1, -0.05) is 12.1 Å². The van der Waals surface area contributed by atoms with Gasteiger partial charge in [-0.3, -0.25) is 14.2 Å². The zero-order chi connectivity index (χ0) is 16.9. The predicted molar refractivity (Wildman–Crippen MR) is 91.8 cm³/mol. The van der Waals surface area contributed by atoms with Gasteiger partial charge in [0.1, 0.15) is 0 Å². The van der Waals surface area contributed by atoms with Gasteiger partial charge in [0.15, 0.2) is 0 Å². The molecule has 0 aliphatic carbocycles. The van der Waals surface area contributed by atoms with Gasteiger partial charge in [0.25, 0.3) is 5.56 Å². The van der Waals surface area contributed by atoms with Crippen molar-refractivity contribution in [2.24, 2.45) is 5.92 Å². The first-order valence-corrected chi connectivity index (χ1v) is 8.40. The molecule has 128 valence electrons. The molecule has 1 fully saturated rings. The van der Waals surface area contributed by atoms with Crippen molar-refractivity contribution in [2.75, 3.05) is 26.8 Å². The number of ether oxygens (including phenoxy) is 1. The number of fused-ring (bicyclic) bond motifs is 1. The van der Waals surface area contributed by atoms with Crippen molar-refractivity contribution >= 4 is 16.8 Å². The van der Waals surface area contributed by atoms with Crippen LogP contribution in [-0.2, 0) is 16.1 Å². The molecule has 24 heavy (non-hydrogen) atoms. The Morgan fingerprint density at radius 1 is 1.38 bits per heavy atom. The number of aromatic nitrogens is 2. The minimum Gasteiger partial charge on any atom is -0.384 e. The molecular weight excluding hydrogens is 306 g/mol. The summed E-state index contributed by atoms with van der Waals surface area (Å²) < 4.78 is 6.73. The predicted octanol–water partition coefficient (Wildman–Crippen LogP) is 1.67. The summed E-state index contributed by atoms with van der Waals surface area (Å²) in [6.45, 7) is 2.60. The Labute approximate surface area is 141 Å². The molecule has 2 heterocycles. The average molecular weight is 329 g/mol. The van der Waals surface area contributed by atoms with Gasteiger partial charge < -0.3 is 9.64 Å². The van der Waals surface area contributed by atoms with Crippen molar-refractivity contribution in [2.45, 2.75) is 25.8 Å². The van der Waals surface area contributed by atoms with Gasteiger partial charge in [-0.15, -0.1) is 0 Å². The first kappa shape index (κ1) is 16.6. The van der Waals surface area contributed by atoms with E-state index in [1.54, 1.807) is 13.2 Å². The van der Waals surface area contributed by atoms with Crippen LogP contribution in [0.5, 0.6) is 0 Å². The number of rotatable bonds is 5. The fourth-order valence-corrected chi connectivity index (χ4v) is 3.30. The van der Waals surface area contributed by atoms with Crippen molar-refractivity contribution in [3.05, 3.63) is 40.9 Å². The van der Waals surface area contributed by atoms with Crippen LogP contribution in [0.4, 0.5) is 0 Å². The van der Waals surface area contributed by atoms with E-state index >= 15 is 0 Å². The van der Waals surface area contributed by atoms with Gasteiger partial charge in [0.05, 0.1) is 23.8 Å². The highest BCUT2D eigenvalue weighted by Crippen LogP contribution is 2.17. The highest BCUT2D eigenvalue weighted by Gasteiger charge is 2.23. The van der Waals surface area contributed by atoms with Crippen molar-refractivity contribution in [3.63, 3.8) is 0 Å². The number of amides is 1. The molecular formula is C18H23N3O3. The molecule has 1 aliphatic heterocycles. The van der Waals surface area contributed by atoms with Crippen molar-refractivity contribution in [1.29, 1.82) is 0 Å². The second-order valence-corrected chi connectivity index (χ2v) is 6.31. The topological polar surface area (TPSA) is 64.4 Å². The number of para-hydroxylation sites is 1. The van der Waals surface area contributed by atoms with Crippen LogP contribution in [0.3, 0.4) is 0 Å². The lowest BCUT2D eigenvalue weighted by molar-refractivity contribution is -0.133. The third kappa shape index (κ3) is 3.64. The summed E-state index contributed by atoms with van der Waals surface area (Å²) in [6.07, 6.45) is 3.96. The molecule has 6 heteroatoms. The van der Waals surface area contributed by atoms with E-state index in [0.29, 0.717) is 36.4 Å². The Bertz CT molecular complexity index is 769. The van der Waals surface area contributed by atoms with Gasteiger partial charge in [0, 0.05) is 33.2 Å². The van der Waals surface area contributed by atoms with Crippen LogP contribution in [0.15, 0.2) is 35.4 Å². The molecule has 0 N–H and O–H groups in total. The molecule has 0 spiro atoms. The van der Waals surface area contributed by atoms with Gasteiger partial charge in [-0.2, -0.15) is 0 Å². The van der Waals surface area contributed by atoms with Crippen LogP contribution < -0.4 is 5.56 Å². The Balaban J connectivity index is 1.64. The van der Waals surface area contributed by atoms with E-state index in [0.717, 1.165) is 25.9 Å². The maximum absolute atomic E-state index is 12.4. The summed E-state index contributed by atoms with van der Waals surface area (Å²) in [7, 11) is 1.69. The number of carbonyl (C=O) groups excluding carboxylic acids is 1. The minimum absolute atomic E-state index is 0.0932. The van der Waals surface area contributed by atoms with Gasteiger partial charge in [-0.05, 0) is 30.9 Å². The van der Waals surface area contributed by atoms with Crippen molar-refractivity contribution in [1.82, 2.24) is 14.5 Å². The number of hydrogen-bond acceptors (Lipinski definition) is 4. The van der Waals surface area contributed by atoms with Crippen molar-refractivity contribution in [3.8, 4) is 0 Å². The van der Waals surface area contributed by atoms with E-state index in [1.807, 2.05) is 23.1 Å². The summed E-state index contributed by atoms with van der Waals surface area (Å²) >= 11 is 0. The monoisotopic (exact) mass is 329 g/mol. The van der Waals surface area contributed by atoms with Gasteiger partial charge in [-0.25, -0.2) is 4.98 Å². The number of nitrogens with zero attached hydrogens (tertiary/aromatic N) is 3. The summed E-state index contributed by atoms with van der Waals surface area (Å²) in [6, 6.07) is 7.26. The Morgan fingerprint density at radius 2 is 2.21 bits per heavy atom. The zero-order valence-corrected chi connectivity index (χ0v) is 14.0. The smallest absolute Gasteiger partial charge is 0.261 e. The first-order valence-electron chi connectivity index (χ1n) is 8.40. The quantitative estimate of drug-likeness (QED) is 0.837. The van der Waals surface area contributed by atoms with Crippen molar-refractivity contribution < 1.29 is 9.53 Å². The Morgan fingerprint density at radius 3 is 3.04 bits per heavy atom. The van der Waals surface area contributed by atoms with Crippen LogP contribution >= 0.6 is 0 Å². The molecule has 1 aliphatic rings. The van der Waals surface area contributed by atoms with E-state index in [9.17, 15) is 9.59 Å². The molecule has 1 aromatic carbocycles. The Kier molecular flexibility index (Phi) is 5.25. The van der Waals surface area contributed by atoms with E-state index in [1.165, 1.54) is 10.9 Å². The Hall–Kier alpha value is -2.21. The fraction of sp³-hybridized carbons (Fsp3) is 0.500. The SMILES string of the molecule is COCC1CCCN(C(=O)CCn2cnc3ccccc3c2=O)C1. The van der Waals surface area contributed by atoms with Crippen LogP contribution in [-0.4, -0.2) is 47.2 Å². The number of piperidine rings is 1. The van der Waals surface area contributed by atoms with Gasteiger partial charge in [0.2, 0.25) is 5.91 Å². The van der Waals surface area contributed by atoms with Crippen LogP contribution in [0, 0.1) is 5.92 Å². The second-order valence-electron chi connectivity index (χ2n) is 6.31. The number of carbonyl (C=O) groups is 1. The molecule has 0 radical (unpaired) electrons. The minimum atomic E-state index is -0.0932. The highest BCUT2D eigenvalue weighted by atomic mass is 16.5. The lowest BCUT2D eigenvalue weighted by Crippen LogP contribution is -2.41. The van der Waals surface area contributed by atoms with Crippen LogP contribution in [0.1, 0.15) is 19.3 Å². The third-order valence-electron chi connectivity index (χ3n) is 4.57. The molecule has 1 unspecified atom stereocenters. The molecule has 0 bridgehead atoms. The molecule has 1 atom stereocenters. The standard InChI is InChI=1S/C18H23N3O3/c1-24-12-14-5-4-9-20(11-14)17(22)8-10-21-13-19-16-7-3-2-6-15(16)18(21)23/h2-3,6-7,13-14H,4-5,8-12H2,1H3. The zero-order valence-electron chi connectivity index (χ0n) is 14.0. The molecule has 6 nitrogen and oxygen atoms in total. The molecule has 2 aromatic rings. The number of likely N-dealkylation sites (tertiary alicyclic amines) is 1. The molecule has 1 aromatic heterocycles. The maximum atomic E-state index is 12.4. The second kappa shape index (κ2) is 7.57. The summed E-state index contributed by atoms with van der Waals surface area (Å²) in [5.74, 6) is 0.508. The third-order valence-corrected chi connectivity index (χ3v) is 4.57. The number of benzene rings is 1. The molecule has 3 rings (SSSR count). The maximum Gasteiger partial charge on any atom is 0.261 e. The fourth-order valence-electron chi connectivity index (χ4n) is 3.30. The van der Waals surface area contributed by atoms with Crippen LogP contribution in [0.25, 0.3) is 10.9 Å². The number of hydrogen-bond donors (Lipinski definition) is 0. The highest BCUT2D eigenvalue weighted by molar-refractivity contribution is 5.77. The number of methoxy groups -OCH3 is 1. The van der Waals surface area contributed by atoms with E-state index in [-0.39, 0.29) is 11.5 Å². The summed E-state index contributed by atoms with van der Waals surface area (Å²) in [4.78, 5) is 31.1. The van der Waals surface area contributed by atoms with Gasteiger partial charge >= 0.3 is 0 Å². The van der Waals surface area contributed by atoms with E-state index in [4.69, 9.17) is 4.74 Å². The lowest BCUT2D eigenvalue weighted by Gasteiger charge is -2.32. The van der Waals surface area contributed by atoms with Crippen LogP contribution in [0.2, 0.25) is 0 Å². The first-order chi connectivity index (χ1) is 11.7. The average Bonchev–Trinajstić information content (AvgIpc) is 2.62. The lowest BCUT2D eigenvalue weighted by atomic mass is 9.99. The molecule has 1 amide bonds. The molecule has 1 saturated heterocycles. The summed E-state index contributed by atoms with van der Waals surface area (Å²) in [5, 5.41) is 0.589. The number of aryl methyl sites for hydroxylation is 1.